The molecule has 0 bridgehead atoms. The van der Waals surface area contributed by atoms with Gasteiger partial charge in [0, 0.05) is 26.1 Å². The third-order valence-electron chi connectivity index (χ3n) is 4.56. The van der Waals surface area contributed by atoms with E-state index >= 15 is 0 Å². The second-order valence-corrected chi connectivity index (χ2v) is 5.68. The highest BCUT2D eigenvalue weighted by Crippen LogP contribution is 2.33. The molecule has 19 heavy (non-hydrogen) atoms. The summed E-state index contributed by atoms with van der Waals surface area (Å²) in [5.41, 5.74) is 2.52. The van der Waals surface area contributed by atoms with Crippen LogP contribution in [0.5, 0.6) is 0 Å². The van der Waals surface area contributed by atoms with Gasteiger partial charge in [-0.3, -0.25) is 4.90 Å². The number of rotatable bonds is 1. The first-order valence-corrected chi connectivity index (χ1v) is 7.28. The summed E-state index contributed by atoms with van der Waals surface area (Å²) < 4.78 is 0. The molecule has 1 saturated heterocycles. The Balaban J connectivity index is 1.87. The van der Waals surface area contributed by atoms with Crippen molar-refractivity contribution < 1.29 is 0 Å². The maximum atomic E-state index is 9.80. The fourth-order valence-electron chi connectivity index (χ4n) is 3.43. The monoisotopic (exact) mass is 255 g/mol. The Morgan fingerprint density at radius 2 is 2.00 bits per heavy atom. The molecule has 1 fully saturated rings. The smallest absolute Gasteiger partial charge is 0.113 e. The van der Waals surface area contributed by atoms with Crippen molar-refractivity contribution in [3.8, 4) is 6.07 Å². The lowest BCUT2D eigenvalue weighted by Gasteiger charge is -2.41. The largest absolute Gasteiger partial charge is 0.315 e. The number of benzene rings is 1. The predicted molar refractivity (Wildman–Crippen MR) is 75.9 cm³/mol. The molecule has 2 aliphatic rings. The summed E-state index contributed by atoms with van der Waals surface area (Å²) in [4.78, 5) is 2.42. The van der Waals surface area contributed by atoms with Gasteiger partial charge in [0.1, 0.15) is 5.54 Å². The van der Waals surface area contributed by atoms with Crippen molar-refractivity contribution >= 4 is 0 Å². The fraction of sp³-hybridized carbons (Fsp3) is 0.562. The maximum Gasteiger partial charge on any atom is 0.113 e. The summed E-state index contributed by atoms with van der Waals surface area (Å²) in [6.07, 6.45) is 4.04. The maximum absolute atomic E-state index is 9.80. The number of hydrogen-bond acceptors (Lipinski definition) is 3. The van der Waals surface area contributed by atoms with Crippen LogP contribution in [0.4, 0.5) is 0 Å². The van der Waals surface area contributed by atoms with Gasteiger partial charge in [-0.1, -0.05) is 24.3 Å². The van der Waals surface area contributed by atoms with Crippen LogP contribution in [0, 0.1) is 11.3 Å². The van der Waals surface area contributed by atoms with E-state index < -0.39 is 0 Å². The molecule has 1 N–H and O–H groups in total. The Hall–Kier alpha value is -1.37. The standard InChI is InChI=1S/C16H21N3/c17-13-16(19-10-3-8-18-9-11-19)7-6-14-4-1-2-5-15(14)12-16/h1-2,4-5,18H,3,6-12H2. The van der Waals surface area contributed by atoms with Crippen LogP contribution in [0.15, 0.2) is 24.3 Å². The lowest BCUT2D eigenvalue weighted by Crippen LogP contribution is -2.52. The average Bonchev–Trinajstić information content (AvgIpc) is 2.76. The van der Waals surface area contributed by atoms with E-state index in [1.54, 1.807) is 0 Å². The van der Waals surface area contributed by atoms with Crippen molar-refractivity contribution in [3.63, 3.8) is 0 Å². The van der Waals surface area contributed by atoms with Crippen LogP contribution in [-0.2, 0) is 12.8 Å². The molecule has 1 atom stereocenters. The van der Waals surface area contributed by atoms with Crippen molar-refractivity contribution in [3.05, 3.63) is 35.4 Å². The van der Waals surface area contributed by atoms with Gasteiger partial charge in [-0.05, 0) is 36.9 Å². The van der Waals surface area contributed by atoms with Gasteiger partial charge in [0.2, 0.25) is 0 Å². The molecule has 0 aromatic heterocycles. The summed E-state index contributed by atoms with van der Waals surface area (Å²) in [7, 11) is 0. The van der Waals surface area contributed by atoms with Crippen molar-refractivity contribution in [2.45, 2.75) is 31.2 Å². The molecule has 0 radical (unpaired) electrons. The van der Waals surface area contributed by atoms with Gasteiger partial charge in [-0.2, -0.15) is 5.26 Å². The van der Waals surface area contributed by atoms with Crippen LogP contribution in [0.1, 0.15) is 24.0 Å². The summed E-state index contributed by atoms with van der Waals surface area (Å²) in [6, 6.07) is 11.3. The minimum atomic E-state index is -0.277. The zero-order valence-electron chi connectivity index (χ0n) is 11.4. The molecule has 1 unspecified atom stereocenters. The number of aryl methyl sites for hydroxylation is 1. The average molecular weight is 255 g/mol. The molecule has 1 aromatic carbocycles. The molecular weight excluding hydrogens is 234 g/mol. The molecule has 0 amide bonds. The van der Waals surface area contributed by atoms with E-state index in [0.717, 1.165) is 51.9 Å². The van der Waals surface area contributed by atoms with Crippen LogP contribution in [0.25, 0.3) is 0 Å². The van der Waals surface area contributed by atoms with Crippen molar-refractivity contribution in [1.82, 2.24) is 10.2 Å². The van der Waals surface area contributed by atoms with Crippen molar-refractivity contribution in [2.75, 3.05) is 26.2 Å². The first-order valence-electron chi connectivity index (χ1n) is 7.28. The quantitative estimate of drug-likeness (QED) is 0.830. The first kappa shape index (κ1) is 12.7. The van der Waals surface area contributed by atoms with Crippen LogP contribution in [0.2, 0.25) is 0 Å². The molecule has 100 valence electrons. The van der Waals surface area contributed by atoms with Crippen LogP contribution < -0.4 is 5.32 Å². The zero-order chi connectivity index (χ0) is 13.1. The zero-order valence-corrected chi connectivity index (χ0v) is 11.4. The van der Waals surface area contributed by atoms with Crippen LogP contribution in [-0.4, -0.2) is 36.6 Å². The Kier molecular flexibility index (Phi) is 3.54. The Bertz CT molecular complexity index is 483. The molecule has 0 saturated carbocycles. The van der Waals surface area contributed by atoms with Crippen LogP contribution >= 0.6 is 0 Å². The lowest BCUT2D eigenvalue weighted by atomic mass is 9.77. The third kappa shape index (κ3) is 2.39. The third-order valence-corrected chi connectivity index (χ3v) is 4.56. The molecule has 0 spiro atoms. The van der Waals surface area contributed by atoms with E-state index in [2.05, 4.69) is 40.6 Å². The molecule has 3 nitrogen and oxygen atoms in total. The van der Waals surface area contributed by atoms with Gasteiger partial charge in [0.25, 0.3) is 0 Å². The molecule has 3 heteroatoms. The summed E-state index contributed by atoms with van der Waals surface area (Å²) >= 11 is 0. The molecule has 1 aromatic rings. The highest BCUT2D eigenvalue weighted by Gasteiger charge is 2.39. The number of nitrogens with zero attached hydrogens (tertiary/aromatic N) is 2. The Morgan fingerprint density at radius 1 is 1.16 bits per heavy atom. The van der Waals surface area contributed by atoms with E-state index in [0.29, 0.717) is 0 Å². The normalized spacial score (nSPS) is 28.2. The van der Waals surface area contributed by atoms with Gasteiger partial charge >= 0.3 is 0 Å². The first-order chi connectivity index (χ1) is 9.34. The second-order valence-electron chi connectivity index (χ2n) is 5.68. The molecule has 3 rings (SSSR count). The molecule has 1 heterocycles. The van der Waals surface area contributed by atoms with Gasteiger partial charge in [-0.25, -0.2) is 0 Å². The van der Waals surface area contributed by atoms with E-state index in [-0.39, 0.29) is 5.54 Å². The van der Waals surface area contributed by atoms with E-state index in [1.165, 1.54) is 11.1 Å². The molecular formula is C16H21N3. The van der Waals surface area contributed by atoms with Crippen molar-refractivity contribution in [1.29, 1.82) is 5.26 Å². The highest BCUT2D eigenvalue weighted by atomic mass is 15.2. The predicted octanol–water partition coefficient (Wildman–Crippen LogP) is 1.73. The minimum absolute atomic E-state index is 0.277. The molecule has 1 aliphatic heterocycles. The fourth-order valence-corrected chi connectivity index (χ4v) is 3.43. The second kappa shape index (κ2) is 5.32. The van der Waals surface area contributed by atoms with Gasteiger partial charge in [0.05, 0.1) is 6.07 Å². The van der Waals surface area contributed by atoms with Crippen molar-refractivity contribution in [2.24, 2.45) is 0 Å². The van der Waals surface area contributed by atoms with E-state index in [1.807, 2.05) is 0 Å². The van der Waals surface area contributed by atoms with Crippen LogP contribution in [0.3, 0.4) is 0 Å². The summed E-state index contributed by atoms with van der Waals surface area (Å²) in [5, 5.41) is 13.2. The minimum Gasteiger partial charge on any atom is -0.315 e. The van der Waals surface area contributed by atoms with E-state index in [9.17, 15) is 5.26 Å². The Morgan fingerprint density at radius 3 is 2.84 bits per heavy atom. The number of fused-ring (bicyclic) bond motifs is 1. The van der Waals surface area contributed by atoms with E-state index in [4.69, 9.17) is 0 Å². The summed E-state index contributed by atoms with van der Waals surface area (Å²) in [5.74, 6) is 0. The Labute approximate surface area is 115 Å². The van der Waals surface area contributed by atoms with Gasteiger partial charge in [-0.15, -0.1) is 0 Å². The van der Waals surface area contributed by atoms with Gasteiger partial charge < -0.3 is 5.32 Å². The molecule has 1 aliphatic carbocycles. The SMILES string of the molecule is N#CC1(N2CCCNCC2)CCc2ccccc2C1. The number of nitrogens with one attached hydrogen (secondary N) is 1. The topological polar surface area (TPSA) is 39.1 Å². The van der Waals surface area contributed by atoms with Gasteiger partial charge in [0.15, 0.2) is 0 Å². The highest BCUT2D eigenvalue weighted by molar-refractivity contribution is 5.35. The number of hydrogen-bond donors (Lipinski definition) is 1. The number of nitriles is 1. The summed E-state index contributed by atoms with van der Waals surface area (Å²) in [6.45, 7) is 4.12. The lowest BCUT2D eigenvalue weighted by molar-refractivity contribution is 0.130.